The van der Waals surface area contributed by atoms with Gasteiger partial charge in [0.05, 0.1) is 11.8 Å². The van der Waals surface area contributed by atoms with Crippen LogP contribution in [0.5, 0.6) is 5.75 Å². The third-order valence-corrected chi connectivity index (χ3v) is 1.60. The van der Waals surface area contributed by atoms with Gasteiger partial charge in [-0.1, -0.05) is 12.1 Å². The molecule has 0 bridgehead atoms. The summed E-state index contributed by atoms with van der Waals surface area (Å²) < 4.78 is 4.47. The lowest BCUT2D eigenvalue weighted by molar-refractivity contribution is 0.0703. The number of hydrogen-bond donors (Lipinski definition) is 3. The largest absolute Gasteiger partial charge is 0.507 e. The molecule has 0 fully saturated rings. The molecule has 0 unspecified atom stereocenters. The summed E-state index contributed by atoms with van der Waals surface area (Å²) in [5.41, 5.74) is 1.47. The standard InChI is InChI=1S/C7H7NO3.C3H3NO/c9-6-4-2-1-3-5(6)7(10)8-11;1-2-5-3-4-1/h1-4,9,11H,(H,8,10);1-3H. The predicted octanol–water partition coefficient (Wildman–Crippen LogP) is 1.19. The molecule has 2 rings (SSSR count). The number of aromatic hydroxyl groups is 1. The fourth-order valence-corrected chi connectivity index (χ4v) is 0.902. The minimum atomic E-state index is -0.719. The van der Waals surface area contributed by atoms with E-state index in [-0.39, 0.29) is 11.3 Å². The number of oxazole rings is 1. The van der Waals surface area contributed by atoms with E-state index in [2.05, 4.69) is 9.40 Å². The van der Waals surface area contributed by atoms with Gasteiger partial charge < -0.3 is 9.52 Å². The molecule has 3 N–H and O–H groups in total. The van der Waals surface area contributed by atoms with E-state index in [0.29, 0.717) is 0 Å². The zero-order chi connectivity index (χ0) is 11.8. The van der Waals surface area contributed by atoms with Gasteiger partial charge in [0.1, 0.15) is 12.0 Å². The molecule has 16 heavy (non-hydrogen) atoms. The summed E-state index contributed by atoms with van der Waals surface area (Å²) in [5.74, 6) is -0.873. The van der Waals surface area contributed by atoms with E-state index in [1.165, 1.54) is 30.3 Å². The van der Waals surface area contributed by atoms with Crippen LogP contribution in [-0.2, 0) is 0 Å². The van der Waals surface area contributed by atoms with Crippen LogP contribution in [-0.4, -0.2) is 21.2 Å². The molecule has 84 valence electrons. The Morgan fingerprint density at radius 3 is 2.56 bits per heavy atom. The van der Waals surface area contributed by atoms with Crippen LogP contribution in [0.4, 0.5) is 0 Å². The minimum absolute atomic E-state index is 0.0509. The number of phenolic OH excluding ortho intramolecular Hbond substituents is 1. The van der Waals surface area contributed by atoms with Crippen molar-refractivity contribution in [2.75, 3.05) is 0 Å². The Kier molecular flexibility index (Phi) is 4.55. The van der Waals surface area contributed by atoms with Gasteiger partial charge in [0.15, 0.2) is 6.39 Å². The van der Waals surface area contributed by atoms with Crippen molar-refractivity contribution in [2.24, 2.45) is 0 Å². The van der Waals surface area contributed by atoms with Gasteiger partial charge in [-0.3, -0.25) is 10.0 Å². The summed E-state index contributed by atoms with van der Waals surface area (Å²) >= 11 is 0. The number of aromatic nitrogens is 1. The normalized spacial score (nSPS) is 8.81. The number of carbonyl (C=O) groups is 1. The number of nitrogens with one attached hydrogen (secondary N) is 1. The zero-order valence-corrected chi connectivity index (χ0v) is 8.20. The van der Waals surface area contributed by atoms with Crippen molar-refractivity contribution >= 4 is 5.91 Å². The van der Waals surface area contributed by atoms with E-state index in [4.69, 9.17) is 10.3 Å². The highest BCUT2D eigenvalue weighted by Crippen LogP contribution is 2.14. The quantitative estimate of drug-likeness (QED) is 0.497. The average Bonchev–Trinajstić information content (AvgIpc) is 2.87. The van der Waals surface area contributed by atoms with Gasteiger partial charge in [0.2, 0.25) is 0 Å². The molecule has 0 saturated carbocycles. The smallest absolute Gasteiger partial charge is 0.278 e. The number of nitrogens with zero attached hydrogens (tertiary/aromatic N) is 1. The highest BCUT2D eigenvalue weighted by atomic mass is 16.5. The first-order valence-electron chi connectivity index (χ1n) is 4.30. The van der Waals surface area contributed by atoms with Crippen LogP contribution in [0.3, 0.4) is 0 Å². The second kappa shape index (κ2) is 6.20. The van der Waals surface area contributed by atoms with Crippen LogP contribution in [0.15, 0.2) is 47.5 Å². The Labute approximate surface area is 91.1 Å². The van der Waals surface area contributed by atoms with Gasteiger partial charge >= 0.3 is 0 Å². The average molecular weight is 222 g/mol. The lowest BCUT2D eigenvalue weighted by atomic mass is 10.2. The first-order chi connectivity index (χ1) is 7.75. The second-order valence-corrected chi connectivity index (χ2v) is 2.63. The summed E-state index contributed by atoms with van der Waals surface area (Å²) in [5, 5.41) is 17.2. The maximum absolute atomic E-state index is 10.7. The molecular weight excluding hydrogens is 212 g/mol. The SMILES string of the molecule is O=C(NO)c1ccccc1O.c1cocn1. The first-order valence-corrected chi connectivity index (χ1v) is 4.30. The van der Waals surface area contributed by atoms with Gasteiger partial charge in [-0.25, -0.2) is 10.5 Å². The highest BCUT2D eigenvalue weighted by molar-refractivity contribution is 5.95. The summed E-state index contributed by atoms with van der Waals surface area (Å²) in [7, 11) is 0. The fraction of sp³-hybridized carbons (Fsp3) is 0. The number of hydroxylamine groups is 1. The van der Waals surface area contributed by atoms with Crippen LogP contribution in [0.2, 0.25) is 0 Å². The molecule has 0 aliphatic heterocycles. The summed E-state index contributed by atoms with van der Waals surface area (Å²) in [6.07, 6.45) is 4.47. The number of carbonyl (C=O) groups excluding carboxylic acids is 1. The molecule has 6 nitrogen and oxygen atoms in total. The van der Waals surface area contributed by atoms with Gasteiger partial charge in [-0.15, -0.1) is 0 Å². The van der Waals surface area contributed by atoms with Crippen molar-refractivity contribution in [2.45, 2.75) is 0 Å². The van der Waals surface area contributed by atoms with Crippen molar-refractivity contribution in [3.05, 3.63) is 48.7 Å². The van der Waals surface area contributed by atoms with E-state index >= 15 is 0 Å². The molecule has 1 aromatic carbocycles. The second-order valence-electron chi connectivity index (χ2n) is 2.63. The molecule has 1 amide bonds. The van der Waals surface area contributed by atoms with E-state index in [0.717, 1.165) is 0 Å². The van der Waals surface area contributed by atoms with Crippen LogP contribution < -0.4 is 5.48 Å². The monoisotopic (exact) mass is 222 g/mol. The summed E-state index contributed by atoms with van der Waals surface area (Å²) in [4.78, 5) is 14.3. The van der Waals surface area contributed by atoms with Crippen LogP contribution in [0.1, 0.15) is 10.4 Å². The molecule has 0 aliphatic rings. The maximum atomic E-state index is 10.7. The minimum Gasteiger partial charge on any atom is -0.507 e. The fourth-order valence-electron chi connectivity index (χ4n) is 0.902. The maximum Gasteiger partial charge on any atom is 0.278 e. The van der Waals surface area contributed by atoms with E-state index in [1.54, 1.807) is 18.3 Å². The number of phenols is 1. The number of hydrogen-bond acceptors (Lipinski definition) is 5. The molecule has 1 aromatic heterocycles. The zero-order valence-electron chi connectivity index (χ0n) is 8.20. The first kappa shape index (κ1) is 11.7. The molecule has 0 aliphatic carbocycles. The Morgan fingerprint density at radius 1 is 1.38 bits per heavy atom. The Balaban J connectivity index is 0.000000212. The van der Waals surface area contributed by atoms with Gasteiger partial charge in [0.25, 0.3) is 5.91 Å². The molecule has 2 aromatic rings. The van der Waals surface area contributed by atoms with Crippen molar-refractivity contribution < 1.29 is 19.5 Å². The Hall–Kier alpha value is -2.34. The molecule has 1 heterocycles. The van der Waals surface area contributed by atoms with Crippen molar-refractivity contribution in [1.82, 2.24) is 10.5 Å². The Morgan fingerprint density at radius 2 is 2.12 bits per heavy atom. The Bertz CT molecular complexity index is 411. The number of rotatable bonds is 1. The third-order valence-electron chi connectivity index (χ3n) is 1.60. The van der Waals surface area contributed by atoms with Gasteiger partial charge in [-0.2, -0.15) is 0 Å². The van der Waals surface area contributed by atoms with E-state index < -0.39 is 5.91 Å². The van der Waals surface area contributed by atoms with E-state index in [9.17, 15) is 4.79 Å². The molecule has 0 atom stereocenters. The molecular formula is C10H10N2O4. The highest BCUT2D eigenvalue weighted by Gasteiger charge is 2.07. The van der Waals surface area contributed by atoms with Crippen LogP contribution in [0.25, 0.3) is 0 Å². The molecule has 0 radical (unpaired) electrons. The third kappa shape index (κ3) is 3.43. The molecule has 0 saturated heterocycles. The van der Waals surface area contributed by atoms with Crippen molar-refractivity contribution in [3.63, 3.8) is 0 Å². The van der Waals surface area contributed by atoms with Crippen molar-refractivity contribution in [1.29, 1.82) is 0 Å². The lowest BCUT2D eigenvalue weighted by Gasteiger charge is -1.99. The van der Waals surface area contributed by atoms with E-state index in [1.807, 2.05) is 0 Å². The molecule has 6 heteroatoms. The lowest BCUT2D eigenvalue weighted by Crippen LogP contribution is -2.18. The van der Waals surface area contributed by atoms with Crippen LogP contribution >= 0.6 is 0 Å². The van der Waals surface area contributed by atoms with Gasteiger partial charge in [0, 0.05) is 0 Å². The summed E-state index contributed by atoms with van der Waals surface area (Å²) in [6.45, 7) is 0. The topological polar surface area (TPSA) is 95.6 Å². The number of amides is 1. The number of para-hydroxylation sites is 1. The van der Waals surface area contributed by atoms with Gasteiger partial charge in [-0.05, 0) is 12.1 Å². The van der Waals surface area contributed by atoms with Crippen molar-refractivity contribution in [3.8, 4) is 5.75 Å². The predicted molar refractivity (Wildman–Crippen MR) is 53.9 cm³/mol. The van der Waals surface area contributed by atoms with Crippen LogP contribution in [0, 0.1) is 0 Å². The molecule has 0 spiro atoms. The number of benzene rings is 1. The summed E-state index contributed by atoms with van der Waals surface area (Å²) in [6, 6.07) is 5.94.